The van der Waals surface area contributed by atoms with Gasteiger partial charge in [0.1, 0.15) is 0 Å². The lowest BCUT2D eigenvalue weighted by Crippen LogP contribution is -2.43. The number of aromatic nitrogens is 2. The van der Waals surface area contributed by atoms with Crippen molar-refractivity contribution in [2.45, 2.75) is 11.8 Å². The fraction of sp³-hybridized carbons (Fsp3) is 0.0714. The van der Waals surface area contributed by atoms with Crippen LogP contribution in [0.25, 0.3) is 10.9 Å². The van der Waals surface area contributed by atoms with Gasteiger partial charge in [-0.05, 0) is 35.7 Å². The van der Waals surface area contributed by atoms with Crippen LogP contribution in [0.2, 0.25) is 0 Å². The van der Waals surface area contributed by atoms with E-state index in [0.29, 0.717) is 5.52 Å². The summed E-state index contributed by atoms with van der Waals surface area (Å²) in [6.07, 6.45) is 4.74. The van der Waals surface area contributed by atoms with Crippen LogP contribution in [0, 0.1) is 0 Å². The highest BCUT2D eigenvalue weighted by atomic mass is 32.2. The van der Waals surface area contributed by atoms with E-state index in [1.807, 2.05) is 6.07 Å². The molecule has 3 rings (SSSR count). The Kier molecular flexibility index (Phi) is 3.06. The lowest BCUT2D eigenvalue weighted by Gasteiger charge is -2.21. The van der Waals surface area contributed by atoms with E-state index in [4.69, 9.17) is 0 Å². The molecular formula is C14H13N3O3S. The standard InChI is InChI=1S/C14H13N3O3S/c1-11(18)17(16-8-2-3-9-16)21(19,20)13-5-4-12-6-7-15-14(12)10-13/h2-10,15H,1H3. The molecule has 7 heteroatoms. The van der Waals surface area contributed by atoms with Crippen molar-refractivity contribution in [3.8, 4) is 0 Å². The normalized spacial score (nSPS) is 11.7. The maximum Gasteiger partial charge on any atom is 0.284 e. The number of nitrogens with zero attached hydrogens (tertiary/aromatic N) is 2. The highest BCUT2D eigenvalue weighted by Crippen LogP contribution is 2.20. The minimum atomic E-state index is -3.97. The molecule has 0 fully saturated rings. The average Bonchev–Trinajstić information content (AvgIpc) is 3.07. The molecule has 1 amide bonds. The smallest absolute Gasteiger partial charge is 0.284 e. The van der Waals surface area contributed by atoms with Crippen molar-refractivity contribution >= 4 is 26.8 Å². The van der Waals surface area contributed by atoms with E-state index < -0.39 is 15.9 Å². The van der Waals surface area contributed by atoms with Crippen LogP contribution in [-0.2, 0) is 14.8 Å². The Hall–Kier alpha value is -2.54. The molecule has 0 radical (unpaired) electrons. The molecule has 108 valence electrons. The predicted octanol–water partition coefficient (Wildman–Crippen LogP) is 1.84. The molecule has 0 spiro atoms. The predicted molar refractivity (Wildman–Crippen MR) is 78.8 cm³/mol. The van der Waals surface area contributed by atoms with E-state index in [1.165, 1.54) is 36.1 Å². The monoisotopic (exact) mass is 303 g/mol. The van der Waals surface area contributed by atoms with Crippen molar-refractivity contribution in [2.24, 2.45) is 0 Å². The van der Waals surface area contributed by atoms with E-state index in [0.717, 1.165) is 9.80 Å². The maximum atomic E-state index is 12.7. The molecule has 2 heterocycles. The summed E-state index contributed by atoms with van der Waals surface area (Å²) in [6.45, 7) is 1.21. The Morgan fingerprint density at radius 1 is 1.19 bits per heavy atom. The van der Waals surface area contributed by atoms with Crippen LogP contribution in [-0.4, -0.2) is 24.0 Å². The lowest BCUT2D eigenvalue weighted by atomic mass is 10.2. The minimum absolute atomic E-state index is 0.0568. The largest absolute Gasteiger partial charge is 0.361 e. The summed E-state index contributed by atoms with van der Waals surface area (Å²) in [5.74, 6) is -0.585. The summed E-state index contributed by atoms with van der Waals surface area (Å²) in [6, 6.07) is 9.86. The van der Waals surface area contributed by atoms with Gasteiger partial charge in [-0.15, -0.1) is 4.41 Å². The number of rotatable bonds is 3. The zero-order valence-electron chi connectivity index (χ0n) is 11.2. The number of nitrogens with one attached hydrogen (secondary N) is 1. The molecule has 21 heavy (non-hydrogen) atoms. The molecule has 0 unspecified atom stereocenters. The van der Waals surface area contributed by atoms with Crippen molar-refractivity contribution in [2.75, 3.05) is 4.41 Å². The number of hydrogen-bond acceptors (Lipinski definition) is 3. The molecular weight excluding hydrogens is 290 g/mol. The molecule has 0 saturated heterocycles. The van der Waals surface area contributed by atoms with Gasteiger partial charge in [0.05, 0.1) is 4.90 Å². The van der Waals surface area contributed by atoms with Crippen molar-refractivity contribution in [1.29, 1.82) is 0 Å². The molecule has 3 aromatic rings. The van der Waals surface area contributed by atoms with Gasteiger partial charge in [-0.3, -0.25) is 9.47 Å². The number of fused-ring (bicyclic) bond motifs is 1. The topological polar surface area (TPSA) is 75.2 Å². The van der Waals surface area contributed by atoms with Crippen LogP contribution in [0.15, 0.2) is 59.9 Å². The average molecular weight is 303 g/mol. The molecule has 6 nitrogen and oxygen atoms in total. The summed E-state index contributed by atoms with van der Waals surface area (Å²) >= 11 is 0. The van der Waals surface area contributed by atoms with Gasteiger partial charge in [-0.1, -0.05) is 6.07 Å². The Morgan fingerprint density at radius 2 is 1.90 bits per heavy atom. The van der Waals surface area contributed by atoms with Crippen molar-refractivity contribution in [1.82, 2.24) is 9.66 Å². The van der Waals surface area contributed by atoms with Gasteiger partial charge in [0.25, 0.3) is 15.9 Å². The molecule has 2 aromatic heterocycles. The number of carbonyl (C=O) groups is 1. The second-order valence-electron chi connectivity index (χ2n) is 4.56. The highest BCUT2D eigenvalue weighted by Gasteiger charge is 2.28. The third-order valence-corrected chi connectivity index (χ3v) is 4.87. The maximum absolute atomic E-state index is 12.7. The number of aromatic amines is 1. The van der Waals surface area contributed by atoms with Crippen LogP contribution in [0.5, 0.6) is 0 Å². The van der Waals surface area contributed by atoms with Gasteiger partial charge in [0.2, 0.25) is 0 Å². The first-order valence-corrected chi connectivity index (χ1v) is 7.70. The van der Waals surface area contributed by atoms with E-state index >= 15 is 0 Å². The van der Waals surface area contributed by atoms with Gasteiger partial charge in [-0.25, -0.2) is 0 Å². The molecule has 1 aromatic carbocycles. The molecule has 0 aliphatic heterocycles. The van der Waals surface area contributed by atoms with Crippen molar-refractivity contribution < 1.29 is 13.2 Å². The first kappa shape index (κ1) is 13.4. The Labute approximate surface area is 121 Å². The summed E-state index contributed by atoms with van der Waals surface area (Å²) in [5, 5.41) is 0.907. The van der Waals surface area contributed by atoms with E-state index in [2.05, 4.69) is 4.98 Å². The highest BCUT2D eigenvalue weighted by molar-refractivity contribution is 7.93. The zero-order valence-corrected chi connectivity index (χ0v) is 12.0. The summed E-state index contributed by atoms with van der Waals surface area (Å²) < 4.78 is 27.4. The zero-order chi connectivity index (χ0) is 15.0. The van der Waals surface area contributed by atoms with Gasteiger partial charge >= 0.3 is 0 Å². The van der Waals surface area contributed by atoms with Crippen LogP contribution >= 0.6 is 0 Å². The first-order chi connectivity index (χ1) is 10.00. The number of carbonyl (C=O) groups excluding carboxylic acids is 1. The Bertz CT molecular complexity index is 895. The minimum Gasteiger partial charge on any atom is -0.361 e. The van der Waals surface area contributed by atoms with Gasteiger partial charge in [0, 0.05) is 31.0 Å². The summed E-state index contributed by atoms with van der Waals surface area (Å²) in [4.78, 5) is 14.8. The number of sulfonamides is 1. The number of benzene rings is 1. The van der Waals surface area contributed by atoms with E-state index in [9.17, 15) is 13.2 Å². The van der Waals surface area contributed by atoms with Crippen molar-refractivity contribution in [3.63, 3.8) is 0 Å². The van der Waals surface area contributed by atoms with E-state index in [1.54, 1.807) is 24.4 Å². The van der Waals surface area contributed by atoms with Crippen molar-refractivity contribution in [3.05, 3.63) is 55.0 Å². The van der Waals surface area contributed by atoms with Crippen LogP contribution in [0.1, 0.15) is 6.92 Å². The molecule has 0 bridgehead atoms. The van der Waals surface area contributed by atoms with Crippen LogP contribution in [0.3, 0.4) is 0 Å². The first-order valence-electron chi connectivity index (χ1n) is 6.26. The third-order valence-electron chi connectivity index (χ3n) is 3.12. The summed E-state index contributed by atoms with van der Waals surface area (Å²) in [5.41, 5.74) is 0.701. The molecule has 1 N–H and O–H groups in total. The summed E-state index contributed by atoms with van der Waals surface area (Å²) in [7, 11) is -3.97. The third kappa shape index (κ3) is 2.21. The number of hydrogen-bond donors (Lipinski definition) is 1. The Balaban J connectivity index is 2.15. The number of amides is 1. The fourth-order valence-electron chi connectivity index (χ4n) is 2.19. The van der Waals surface area contributed by atoms with Crippen LogP contribution in [0.4, 0.5) is 0 Å². The second-order valence-corrected chi connectivity index (χ2v) is 6.32. The lowest BCUT2D eigenvalue weighted by molar-refractivity contribution is -0.116. The SMILES string of the molecule is CC(=O)N(n1cccc1)S(=O)(=O)c1ccc2cc[nH]c2c1. The van der Waals surface area contributed by atoms with Crippen LogP contribution < -0.4 is 4.41 Å². The van der Waals surface area contributed by atoms with Gasteiger partial charge in [0.15, 0.2) is 0 Å². The second kappa shape index (κ2) is 4.78. The van der Waals surface area contributed by atoms with Gasteiger partial charge in [-0.2, -0.15) is 8.42 Å². The quantitative estimate of drug-likeness (QED) is 0.802. The molecule has 0 aliphatic carbocycles. The molecule has 0 saturated carbocycles. The number of H-pyrrole nitrogens is 1. The fourth-order valence-corrected chi connectivity index (χ4v) is 3.59. The van der Waals surface area contributed by atoms with E-state index in [-0.39, 0.29) is 4.90 Å². The molecule has 0 atom stereocenters. The van der Waals surface area contributed by atoms with Gasteiger partial charge < -0.3 is 4.98 Å². The molecule has 0 aliphatic rings. The Morgan fingerprint density at radius 3 is 2.57 bits per heavy atom.